The minimum absolute atomic E-state index is 0.275. The molecule has 1 rings (SSSR count). The normalized spacial score (nSPS) is 9.64. The number of carbonyl (C=O) groups is 1. The molecule has 0 aliphatic rings. The maximum atomic E-state index is 11.3. The predicted octanol–water partition coefficient (Wildman–Crippen LogP) is 0.767. The highest BCUT2D eigenvalue weighted by Gasteiger charge is 2.14. The Morgan fingerprint density at radius 3 is 2.64 bits per heavy atom. The van der Waals surface area contributed by atoms with Gasteiger partial charge in [0.15, 0.2) is 0 Å². The number of rotatable bonds is 2. The number of anilines is 1. The van der Waals surface area contributed by atoms with Crippen LogP contribution in [0.4, 0.5) is 5.69 Å². The van der Waals surface area contributed by atoms with Gasteiger partial charge in [-0.3, -0.25) is 0 Å². The van der Waals surface area contributed by atoms with Gasteiger partial charge in [0.1, 0.15) is 0 Å². The molecule has 0 unspecified atom stereocenters. The molecule has 5 nitrogen and oxygen atoms in total. The van der Waals surface area contributed by atoms with Crippen molar-refractivity contribution in [3.05, 3.63) is 17.3 Å². The summed E-state index contributed by atoms with van der Waals surface area (Å²) in [5, 5.41) is 0. The van der Waals surface area contributed by atoms with Gasteiger partial charge < -0.3 is 15.2 Å². The van der Waals surface area contributed by atoms with Crippen LogP contribution in [0.1, 0.15) is 16.1 Å². The molecule has 0 bridgehead atoms. The number of hydrogen-bond donors (Lipinski definition) is 1. The SMILES string of the molecule is COC(=O)c1cc(OC)nc(C)c1N. The summed E-state index contributed by atoms with van der Waals surface area (Å²) in [6, 6.07) is 1.45. The molecule has 14 heavy (non-hydrogen) atoms. The number of ether oxygens (including phenoxy) is 2. The Hall–Kier alpha value is -1.78. The molecule has 2 N–H and O–H groups in total. The van der Waals surface area contributed by atoms with Crippen molar-refractivity contribution in [1.29, 1.82) is 0 Å². The molecule has 0 atom stereocenters. The molecule has 0 saturated heterocycles. The fraction of sp³-hybridized carbons (Fsp3) is 0.333. The zero-order valence-corrected chi connectivity index (χ0v) is 8.33. The smallest absolute Gasteiger partial charge is 0.340 e. The van der Waals surface area contributed by atoms with E-state index in [9.17, 15) is 4.79 Å². The molecule has 1 heterocycles. The van der Waals surface area contributed by atoms with Crippen LogP contribution in [-0.2, 0) is 4.74 Å². The van der Waals surface area contributed by atoms with Crippen molar-refractivity contribution >= 4 is 11.7 Å². The van der Waals surface area contributed by atoms with Crippen LogP contribution in [0.3, 0.4) is 0 Å². The molecule has 0 saturated carbocycles. The van der Waals surface area contributed by atoms with Gasteiger partial charge in [-0.05, 0) is 6.92 Å². The minimum Gasteiger partial charge on any atom is -0.481 e. The van der Waals surface area contributed by atoms with E-state index >= 15 is 0 Å². The van der Waals surface area contributed by atoms with Crippen molar-refractivity contribution in [1.82, 2.24) is 4.98 Å². The topological polar surface area (TPSA) is 74.4 Å². The Morgan fingerprint density at radius 2 is 2.14 bits per heavy atom. The first-order valence-corrected chi connectivity index (χ1v) is 3.99. The van der Waals surface area contributed by atoms with Gasteiger partial charge >= 0.3 is 5.97 Å². The number of methoxy groups -OCH3 is 2. The second-order valence-corrected chi connectivity index (χ2v) is 2.70. The molecule has 0 aliphatic carbocycles. The van der Waals surface area contributed by atoms with Crippen LogP contribution >= 0.6 is 0 Å². The summed E-state index contributed by atoms with van der Waals surface area (Å²) in [6.45, 7) is 1.70. The Labute approximate surface area is 81.8 Å². The molecule has 0 aliphatic heterocycles. The highest BCUT2D eigenvalue weighted by atomic mass is 16.5. The molecule has 1 aromatic heterocycles. The number of carbonyl (C=O) groups excluding carboxylic acids is 1. The van der Waals surface area contributed by atoms with Crippen LogP contribution in [0, 0.1) is 6.92 Å². The van der Waals surface area contributed by atoms with Gasteiger partial charge in [-0.2, -0.15) is 0 Å². The first-order valence-electron chi connectivity index (χ1n) is 3.99. The van der Waals surface area contributed by atoms with Crippen LogP contribution in [0.5, 0.6) is 5.88 Å². The summed E-state index contributed by atoms with van der Waals surface area (Å²) in [7, 11) is 2.77. The maximum Gasteiger partial charge on any atom is 0.340 e. The third kappa shape index (κ3) is 1.76. The van der Waals surface area contributed by atoms with E-state index in [2.05, 4.69) is 9.72 Å². The lowest BCUT2D eigenvalue weighted by atomic mass is 10.2. The van der Waals surface area contributed by atoms with Crippen molar-refractivity contribution in [3.63, 3.8) is 0 Å². The summed E-state index contributed by atoms with van der Waals surface area (Å²) in [5.41, 5.74) is 6.80. The number of hydrogen-bond acceptors (Lipinski definition) is 5. The quantitative estimate of drug-likeness (QED) is 0.707. The molecule has 0 fully saturated rings. The van der Waals surface area contributed by atoms with E-state index in [1.807, 2.05) is 0 Å². The van der Waals surface area contributed by atoms with Crippen LogP contribution in [-0.4, -0.2) is 25.2 Å². The Kier molecular flexibility index (Phi) is 2.91. The first kappa shape index (κ1) is 10.3. The van der Waals surface area contributed by atoms with Gasteiger partial charge in [0.25, 0.3) is 0 Å². The second-order valence-electron chi connectivity index (χ2n) is 2.70. The number of nitrogens with zero attached hydrogens (tertiary/aromatic N) is 1. The average molecular weight is 196 g/mol. The second kappa shape index (κ2) is 3.95. The van der Waals surface area contributed by atoms with Crippen LogP contribution in [0.15, 0.2) is 6.07 Å². The lowest BCUT2D eigenvalue weighted by Crippen LogP contribution is -2.08. The molecule has 5 heteroatoms. The Bertz CT molecular complexity index is 363. The zero-order chi connectivity index (χ0) is 10.7. The van der Waals surface area contributed by atoms with Crippen molar-refractivity contribution < 1.29 is 14.3 Å². The van der Waals surface area contributed by atoms with Crippen molar-refractivity contribution in [2.75, 3.05) is 20.0 Å². The lowest BCUT2D eigenvalue weighted by Gasteiger charge is -2.08. The third-order valence-corrected chi connectivity index (χ3v) is 1.84. The van der Waals surface area contributed by atoms with E-state index in [-0.39, 0.29) is 5.56 Å². The standard InChI is InChI=1S/C9H12N2O3/c1-5-8(10)6(9(12)14-3)4-7(11-5)13-2/h4H,10H2,1-3H3. The summed E-state index contributed by atoms with van der Waals surface area (Å²) in [5.74, 6) is -0.150. The zero-order valence-electron chi connectivity index (χ0n) is 8.33. The fourth-order valence-electron chi connectivity index (χ4n) is 1.04. The van der Waals surface area contributed by atoms with Crippen molar-refractivity contribution in [2.24, 2.45) is 0 Å². The number of esters is 1. The molecule has 0 amide bonds. The van der Waals surface area contributed by atoms with Crippen molar-refractivity contribution in [3.8, 4) is 5.88 Å². The molecule has 0 spiro atoms. The fourth-order valence-corrected chi connectivity index (χ4v) is 1.04. The van der Waals surface area contributed by atoms with E-state index in [1.165, 1.54) is 20.3 Å². The number of nitrogen functional groups attached to an aromatic ring is 1. The number of pyridine rings is 1. The molecule has 0 radical (unpaired) electrons. The van der Waals surface area contributed by atoms with Crippen LogP contribution < -0.4 is 10.5 Å². The highest BCUT2D eigenvalue weighted by Crippen LogP contribution is 2.20. The van der Waals surface area contributed by atoms with Crippen molar-refractivity contribution in [2.45, 2.75) is 6.92 Å². The summed E-state index contributed by atoms with van der Waals surface area (Å²) in [4.78, 5) is 15.3. The number of nitrogens with two attached hydrogens (primary N) is 1. The van der Waals surface area contributed by atoms with Gasteiger partial charge in [-0.25, -0.2) is 9.78 Å². The number of aryl methyl sites for hydroxylation is 1. The van der Waals surface area contributed by atoms with Gasteiger partial charge in [0, 0.05) is 6.07 Å². The Balaban J connectivity index is 3.27. The van der Waals surface area contributed by atoms with E-state index in [1.54, 1.807) is 6.92 Å². The van der Waals surface area contributed by atoms with Gasteiger partial charge in [-0.1, -0.05) is 0 Å². The largest absolute Gasteiger partial charge is 0.481 e. The Morgan fingerprint density at radius 1 is 1.50 bits per heavy atom. The van der Waals surface area contributed by atoms with E-state index in [4.69, 9.17) is 10.5 Å². The maximum absolute atomic E-state index is 11.3. The summed E-state index contributed by atoms with van der Waals surface area (Å²) in [6.07, 6.45) is 0. The predicted molar refractivity (Wildman–Crippen MR) is 51.3 cm³/mol. The minimum atomic E-state index is -0.494. The molecule has 1 aromatic rings. The monoisotopic (exact) mass is 196 g/mol. The molecular weight excluding hydrogens is 184 g/mol. The van der Waals surface area contributed by atoms with Gasteiger partial charge in [-0.15, -0.1) is 0 Å². The molecule has 0 aromatic carbocycles. The van der Waals surface area contributed by atoms with Crippen LogP contribution in [0.25, 0.3) is 0 Å². The molecule has 76 valence electrons. The average Bonchev–Trinajstić information content (AvgIpc) is 2.20. The summed E-state index contributed by atoms with van der Waals surface area (Å²) >= 11 is 0. The first-order chi connectivity index (χ1) is 6.60. The molecular formula is C9H12N2O3. The van der Waals surface area contributed by atoms with Gasteiger partial charge in [0.05, 0.1) is 31.2 Å². The van der Waals surface area contributed by atoms with E-state index in [0.29, 0.717) is 17.3 Å². The lowest BCUT2D eigenvalue weighted by molar-refractivity contribution is 0.0601. The van der Waals surface area contributed by atoms with Gasteiger partial charge in [0.2, 0.25) is 5.88 Å². The van der Waals surface area contributed by atoms with E-state index < -0.39 is 5.97 Å². The van der Waals surface area contributed by atoms with Crippen LogP contribution in [0.2, 0.25) is 0 Å². The third-order valence-electron chi connectivity index (χ3n) is 1.84. The number of aromatic nitrogens is 1. The van der Waals surface area contributed by atoms with E-state index in [0.717, 1.165) is 0 Å². The highest BCUT2D eigenvalue weighted by molar-refractivity contribution is 5.95. The summed E-state index contributed by atoms with van der Waals surface area (Å²) < 4.78 is 9.48.